The number of imidazole rings is 1. The minimum absolute atomic E-state index is 0.0119. The Morgan fingerprint density at radius 1 is 1.20 bits per heavy atom. The van der Waals surface area contributed by atoms with Gasteiger partial charge in [0.2, 0.25) is 15.9 Å². The van der Waals surface area contributed by atoms with Crippen molar-refractivity contribution < 1.29 is 17.6 Å². The van der Waals surface area contributed by atoms with Crippen molar-refractivity contribution in [1.29, 1.82) is 0 Å². The zero-order valence-electron chi connectivity index (χ0n) is 17.0. The molecule has 2 N–H and O–H groups in total. The molecule has 0 bridgehead atoms. The molecule has 1 amide bonds. The first-order valence-electron chi connectivity index (χ1n) is 9.69. The van der Waals surface area contributed by atoms with Crippen LogP contribution >= 0.6 is 0 Å². The van der Waals surface area contributed by atoms with Gasteiger partial charge in [0.05, 0.1) is 15.9 Å². The van der Waals surface area contributed by atoms with E-state index in [1.54, 1.807) is 30.1 Å². The second-order valence-electron chi connectivity index (χ2n) is 7.25. The number of amides is 1. The number of rotatable bonds is 8. The number of carbonyl (C=O) groups excluding carboxylic acids is 1. The number of carbonyl (C=O) groups is 1. The number of aryl methyl sites for hydroxylation is 2. The molecule has 3 rings (SSSR count). The zero-order valence-corrected chi connectivity index (χ0v) is 17.8. The number of aromatic nitrogens is 2. The summed E-state index contributed by atoms with van der Waals surface area (Å²) >= 11 is 0. The number of nitrogens with zero attached hydrogens (tertiary/aromatic N) is 3. The van der Waals surface area contributed by atoms with Gasteiger partial charge < -0.3 is 9.47 Å². The number of benzene rings is 2. The van der Waals surface area contributed by atoms with Gasteiger partial charge in [-0.05, 0) is 42.3 Å². The molecule has 0 unspecified atom stereocenters. The lowest BCUT2D eigenvalue weighted by Gasteiger charge is -2.17. The molecule has 30 heavy (non-hydrogen) atoms. The van der Waals surface area contributed by atoms with Crippen LogP contribution in [0.2, 0.25) is 0 Å². The van der Waals surface area contributed by atoms with Crippen LogP contribution in [-0.2, 0) is 34.3 Å². The second-order valence-corrected chi connectivity index (χ2v) is 8.81. The molecule has 7 nitrogen and oxygen atoms in total. The fourth-order valence-corrected chi connectivity index (χ4v) is 3.90. The maximum absolute atomic E-state index is 13.0. The molecule has 9 heteroatoms. The van der Waals surface area contributed by atoms with Gasteiger partial charge >= 0.3 is 0 Å². The molecule has 0 aliphatic carbocycles. The number of hydrogen-bond donors (Lipinski definition) is 1. The fourth-order valence-electron chi connectivity index (χ4n) is 3.36. The van der Waals surface area contributed by atoms with Gasteiger partial charge in [0.15, 0.2) is 0 Å². The van der Waals surface area contributed by atoms with E-state index in [2.05, 4.69) is 4.98 Å². The van der Waals surface area contributed by atoms with Crippen molar-refractivity contribution in [1.82, 2.24) is 14.5 Å². The van der Waals surface area contributed by atoms with E-state index >= 15 is 0 Å². The van der Waals surface area contributed by atoms with E-state index < -0.39 is 10.0 Å². The third-order valence-corrected chi connectivity index (χ3v) is 5.81. The maximum atomic E-state index is 13.0. The van der Waals surface area contributed by atoms with Crippen molar-refractivity contribution in [3.8, 4) is 0 Å². The quantitative estimate of drug-likeness (QED) is 0.592. The van der Waals surface area contributed by atoms with Crippen molar-refractivity contribution >= 4 is 27.0 Å². The van der Waals surface area contributed by atoms with Crippen LogP contribution in [0.1, 0.15) is 31.2 Å². The van der Waals surface area contributed by atoms with Crippen LogP contribution in [0.3, 0.4) is 0 Å². The highest BCUT2D eigenvalue weighted by Crippen LogP contribution is 2.21. The van der Waals surface area contributed by atoms with Gasteiger partial charge in [0.1, 0.15) is 11.6 Å². The summed E-state index contributed by atoms with van der Waals surface area (Å²) in [7, 11) is -2.11. The lowest BCUT2D eigenvalue weighted by molar-refractivity contribution is -0.130. The first-order chi connectivity index (χ1) is 14.2. The molecule has 0 saturated carbocycles. The average Bonchev–Trinajstić information content (AvgIpc) is 3.04. The van der Waals surface area contributed by atoms with E-state index in [0.29, 0.717) is 25.0 Å². The Balaban J connectivity index is 1.76. The summed E-state index contributed by atoms with van der Waals surface area (Å²) < 4.78 is 38.3. The van der Waals surface area contributed by atoms with Crippen LogP contribution in [0.5, 0.6) is 0 Å². The summed E-state index contributed by atoms with van der Waals surface area (Å²) in [6, 6.07) is 10.7. The number of primary sulfonamides is 1. The molecule has 0 atom stereocenters. The Labute approximate surface area is 175 Å². The van der Waals surface area contributed by atoms with Crippen molar-refractivity contribution in [2.24, 2.45) is 5.14 Å². The highest BCUT2D eigenvalue weighted by molar-refractivity contribution is 7.89. The van der Waals surface area contributed by atoms with E-state index in [1.807, 2.05) is 11.5 Å². The van der Waals surface area contributed by atoms with E-state index in [0.717, 1.165) is 23.3 Å². The molecule has 0 aliphatic heterocycles. The van der Waals surface area contributed by atoms with Crippen molar-refractivity contribution in [3.63, 3.8) is 0 Å². The summed E-state index contributed by atoms with van der Waals surface area (Å²) in [5, 5.41) is 5.22. The Hall–Kier alpha value is -2.78. The first kappa shape index (κ1) is 21.9. The molecular weight excluding hydrogens is 407 g/mol. The summed E-state index contributed by atoms with van der Waals surface area (Å²) in [5.41, 5.74) is 2.20. The summed E-state index contributed by atoms with van der Waals surface area (Å²) in [4.78, 5) is 18.7. The predicted octanol–water partition coefficient (Wildman–Crippen LogP) is 2.82. The first-order valence-corrected chi connectivity index (χ1v) is 11.2. The number of sulfonamides is 1. The van der Waals surface area contributed by atoms with Crippen molar-refractivity contribution in [3.05, 3.63) is 59.7 Å². The van der Waals surface area contributed by atoms with Gasteiger partial charge in [-0.25, -0.2) is 22.9 Å². The van der Waals surface area contributed by atoms with Gasteiger partial charge in [-0.3, -0.25) is 4.79 Å². The predicted molar refractivity (Wildman–Crippen MR) is 113 cm³/mol. The fraction of sp³-hybridized carbons (Fsp3) is 0.333. The highest BCUT2D eigenvalue weighted by Gasteiger charge is 2.16. The summed E-state index contributed by atoms with van der Waals surface area (Å²) in [6.07, 6.45) is 1.55. The second kappa shape index (κ2) is 8.93. The Morgan fingerprint density at radius 3 is 2.53 bits per heavy atom. The molecule has 1 heterocycles. The van der Waals surface area contributed by atoms with Crippen molar-refractivity contribution in [2.45, 2.75) is 44.2 Å². The minimum atomic E-state index is -3.81. The Kier molecular flexibility index (Phi) is 6.52. The summed E-state index contributed by atoms with van der Waals surface area (Å²) in [5.74, 6) is 0.356. The molecule has 160 valence electrons. The van der Waals surface area contributed by atoms with Crippen LogP contribution in [0.4, 0.5) is 4.39 Å². The van der Waals surface area contributed by atoms with E-state index in [4.69, 9.17) is 5.14 Å². The molecule has 1 aromatic heterocycles. The molecule has 3 aromatic rings. The lowest BCUT2D eigenvalue weighted by atomic mass is 10.2. The number of nitrogens with two attached hydrogens (primary N) is 1. The van der Waals surface area contributed by atoms with Gasteiger partial charge in [0.25, 0.3) is 0 Å². The molecule has 0 fully saturated rings. The van der Waals surface area contributed by atoms with E-state index in [9.17, 15) is 17.6 Å². The van der Waals surface area contributed by atoms with Gasteiger partial charge in [-0.2, -0.15) is 0 Å². The molecule has 0 saturated heterocycles. The Bertz CT molecular complexity index is 1160. The third-order valence-electron chi connectivity index (χ3n) is 4.90. The molecule has 0 spiro atoms. The standard InChI is InChI=1S/C21H25FN4O3S/c1-3-12-26-19-9-8-17(30(23,28)29)13-18(19)24-20(26)10-11-21(27)25(2)14-15-4-6-16(22)7-5-15/h4-9,13H,3,10-12,14H2,1-2H3,(H2,23,28,29). The van der Waals surface area contributed by atoms with Crippen LogP contribution in [-0.4, -0.2) is 35.8 Å². The van der Waals surface area contributed by atoms with E-state index in [1.165, 1.54) is 24.3 Å². The number of halogens is 1. The number of hydrogen-bond acceptors (Lipinski definition) is 4. The number of fused-ring (bicyclic) bond motifs is 1. The summed E-state index contributed by atoms with van der Waals surface area (Å²) in [6.45, 7) is 3.14. The van der Waals surface area contributed by atoms with Gasteiger partial charge in [-0.1, -0.05) is 19.1 Å². The molecular formula is C21H25FN4O3S. The normalized spacial score (nSPS) is 11.7. The molecule has 0 aliphatic rings. The van der Waals surface area contributed by atoms with Gasteiger partial charge in [0, 0.05) is 33.0 Å². The monoisotopic (exact) mass is 432 g/mol. The maximum Gasteiger partial charge on any atom is 0.238 e. The molecule has 2 aromatic carbocycles. The topological polar surface area (TPSA) is 98.3 Å². The van der Waals surface area contributed by atoms with Gasteiger partial charge in [-0.15, -0.1) is 0 Å². The van der Waals surface area contributed by atoms with Crippen LogP contribution in [0.25, 0.3) is 11.0 Å². The molecule has 0 radical (unpaired) electrons. The smallest absolute Gasteiger partial charge is 0.238 e. The third kappa shape index (κ3) is 5.03. The lowest BCUT2D eigenvalue weighted by Crippen LogP contribution is -2.26. The zero-order chi connectivity index (χ0) is 21.9. The SMILES string of the molecule is CCCn1c(CCC(=O)N(C)Cc2ccc(F)cc2)nc2cc(S(N)(=O)=O)ccc21. The average molecular weight is 433 g/mol. The Morgan fingerprint density at radius 2 is 1.90 bits per heavy atom. The van der Waals surface area contributed by atoms with Crippen molar-refractivity contribution in [2.75, 3.05) is 7.05 Å². The highest BCUT2D eigenvalue weighted by atomic mass is 32.2. The van der Waals surface area contributed by atoms with Crippen LogP contribution < -0.4 is 5.14 Å². The van der Waals surface area contributed by atoms with E-state index in [-0.39, 0.29) is 23.0 Å². The largest absolute Gasteiger partial charge is 0.341 e. The van der Waals surface area contributed by atoms with Crippen LogP contribution in [0.15, 0.2) is 47.4 Å². The van der Waals surface area contributed by atoms with Crippen LogP contribution in [0, 0.1) is 5.82 Å². The minimum Gasteiger partial charge on any atom is -0.341 e.